The van der Waals surface area contributed by atoms with E-state index in [1.165, 1.54) is 0 Å². The first-order valence-corrected chi connectivity index (χ1v) is 3.01. The smallest absolute Gasteiger partial charge is 0.0704 e. The van der Waals surface area contributed by atoms with Gasteiger partial charge >= 0.3 is 0 Å². The lowest BCUT2D eigenvalue weighted by atomic mass is 10.2. The van der Waals surface area contributed by atoms with Gasteiger partial charge in [0.1, 0.15) is 0 Å². The molecule has 0 saturated carbocycles. The molecule has 0 spiro atoms. The normalized spacial score (nSPS) is 13.9. The quantitative estimate of drug-likeness (QED) is 0.544. The summed E-state index contributed by atoms with van der Waals surface area (Å²) in [5, 5.41) is 0. The van der Waals surface area contributed by atoms with Gasteiger partial charge in [-0.3, -0.25) is 0 Å². The van der Waals surface area contributed by atoms with Gasteiger partial charge in [-0.1, -0.05) is 19.8 Å². The first-order valence-electron chi connectivity index (χ1n) is 3.01. The lowest BCUT2D eigenvalue weighted by molar-refractivity contribution is 0.144. The Kier molecular flexibility index (Phi) is 5.08. The molecule has 0 heterocycles. The number of rotatable bonds is 4. The molecule has 2 radical (unpaired) electrons. The SMILES string of the molecule is [CH2]CCCC(C)O[CH2]. The zero-order valence-electron chi connectivity index (χ0n) is 5.52. The molecule has 0 fully saturated rings. The average molecular weight is 114 g/mol. The van der Waals surface area contributed by atoms with Crippen molar-refractivity contribution in [3.63, 3.8) is 0 Å². The van der Waals surface area contributed by atoms with Gasteiger partial charge in [0.15, 0.2) is 0 Å². The maximum absolute atomic E-state index is 4.77. The molecule has 0 saturated heterocycles. The van der Waals surface area contributed by atoms with E-state index in [1.807, 2.05) is 6.92 Å². The van der Waals surface area contributed by atoms with Crippen molar-refractivity contribution in [1.82, 2.24) is 0 Å². The first kappa shape index (κ1) is 7.96. The zero-order valence-corrected chi connectivity index (χ0v) is 5.52. The monoisotopic (exact) mass is 114 g/mol. The average Bonchev–Trinajstić information content (AvgIpc) is 1.83. The van der Waals surface area contributed by atoms with Gasteiger partial charge in [-0.05, 0) is 13.3 Å². The summed E-state index contributed by atoms with van der Waals surface area (Å²) in [4.78, 5) is 0. The minimum atomic E-state index is 0.303. The number of hydrogen-bond donors (Lipinski definition) is 0. The molecule has 0 aliphatic rings. The maximum atomic E-state index is 4.77. The maximum Gasteiger partial charge on any atom is 0.0704 e. The van der Waals surface area contributed by atoms with Crippen molar-refractivity contribution in [3.8, 4) is 0 Å². The van der Waals surface area contributed by atoms with Crippen LogP contribution in [0.3, 0.4) is 0 Å². The fourth-order valence-electron chi connectivity index (χ4n) is 0.515. The van der Waals surface area contributed by atoms with Crippen molar-refractivity contribution in [2.24, 2.45) is 0 Å². The Hall–Kier alpha value is -0.0400. The van der Waals surface area contributed by atoms with E-state index < -0.39 is 0 Å². The molecule has 1 heteroatoms. The van der Waals surface area contributed by atoms with Crippen LogP contribution in [-0.4, -0.2) is 6.10 Å². The zero-order chi connectivity index (χ0) is 6.41. The number of hydrogen-bond acceptors (Lipinski definition) is 1. The van der Waals surface area contributed by atoms with Crippen LogP contribution in [0, 0.1) is 14.0 Å². The van der Waals surface area contributed by atoms with Gasteiger partial charge in [0, 0.05) is 0 Å². The van der Waals surface area contributed by atoms with Crippen LogP contribution < -0.4 is 0 Å². The van der Waals surface area contributed by atoms with Crippen LogP contribution in [-0.2, 0) is 4.74 Å². The fourth-order valence-corrected chi connectivity index (χ4v) is 0.515. The minimum Gasteiger partial charge on any atom is -0.376 e. The van der Waals surface area contributed by atoms with E-state index in [4.69, 9.17) is 4.74 Å². The standard InChI is InChI=1S/C7H14O/c1-4-5-6-7(2)8-3/h7H,1,3-6H2,2H3. The summed E-state index contributed by atoms with van der Waals surface area (Å²) in [6, 6.07) is 0. The Labute approximate surface area is 52.0 Å². The van der Waals surface area contributed by atoms with Gasteiger partial charge in [-0.25, -0.2) is 0 Å². The van der Waals surface area contributed by atoms with Gasteiger partial charge in [-0.15, -0.1) is 0 Å². The van der Waals surface area contributed by atoms with Gasteiger partial charge in [0.25, 0.3) is 0 Å². The van der Waals surface area contributed by atoms with Crippen molar-refractivity contribution in [2.45, 2.75) is 32.3 Å². The molecule has 0 rings (SSSR count). The predicted molar refractivity (Wildman–Crippen MR) is 35.1 cm³/mol. The summed E-state index contributed by atoms with van der Waals surface area (Å²) >= 11 is 0. The number of unbranched alkanes of at least 4 members (excludes halogenated alkanes) is 1. The highest BCUT2D eigenvalue weighted by Gasteiger charge is 1.95. The van der Waals surface area contributed by atoms with Crippen LogP contribution in [0.25, 0.3) is 0 Å². The van der Waals surface area contributed by atoms with Gasteiger partial charge in [0.05, 0.1) is 13.2 Å². The van der Waals surface area contributed by atoms with Gasteiger partial charge in [-0.2, -0.15) is 0 Å². The summed E-state index contributed by atoms with van der Waals surface area (Å²) in [6.07, 6.45) is 3.51. The molecule has 1 nitrogen and oxygen atoms in total. The van der Waals surface area contributed by atoms with Crippen molar-refractivity contribution < 1.29 is 4.74 Å². The van der Waals surface area contributed by atoms with Gasteiger partial charge < -0.3 is 4.74 Å². The molecule has 0 aliphatic heterocycles. The van der Waals surface area contributed by atoms with Crippen molar-refractivity contribution in [2.75, 3.05) is 0 Å². The topological polar surface area (TPSA) is 9.23 Å². The third-order valence-corrected chi connectivity index (χ3v) is 1.15. The van der Waals surface area contributed by atoms with E-state index in [0.29, 0.717) is 6.10 Å². The molecule has 0 amide bonds. The first-order chi connectivity index (χ1) is 3.81. The third kappa shape index (κ3) is 4.13. The number of ether oxygens (including phenoxy) is 1. The van der Waals surface area contributed by atoms with E-state index in [2.05, 4.69) is 14.0 Å². The molecule has 48 valence electrons. The molecule has 1 unspecified atom stereocenters. The molecule has 8 heavy (non-hydrogen) atoms. The Morgan fingerprint density at radius 3 is 2.62 bits per heavy atom. The second kappa shape index (κ2) is 5.10. The van der Waals surface area contributed by atoms with Crippen LogP contribution in [0.15, 0.2) is 0 Å². The van der Waals surface area contributed by atoms with E-state index in [1.54, 1.807) is 0 Å². The summed E-state index contributed by atoms with van der Waals surface area (Å²) in [5.74, 6) is 0. The Balaban J connectivity index is 2.86. The van der Waals surface area contributed by atoms with Crippen LogP contribution in [0.2, 0.25) is 0 Å². The van der Waals surface area contributed by atoms with E-state index in [9.17, 15) is 0 Å². The highest BCUT2D eigenvalue weighted by molar-refractivity contribution is 4.50. The van der Waals surface area contributed by atoms with Crippen LogP contribution in [0.5, 0.6) is 0 Å². The molecule has 0 bridgehead atoms. The summed E-state index contributed by atoms with van der Waals surface area (Å²) < 4.78 is 4.77. The molecule has 0 aromatic rings. The highest BCUT2D eigenvalue weighted by atomic mass is 16.5. The van der Waals surface area contributed by atoms with E-state index >= 15 is 0 Å². The van der Waals surface area contributed by atoms with Crippen molar-refractivity contribution >= 4 is 0 Å². The van der Waals surface area contributed by atoms with E-state index in [-0.39, 0.29) is 0 Å². The predicted octanol–water partition coefficient (Wildman–Crippen LogP) is 2.19. The summed E-state index contributed by atoms with van der Waals surface area (Å²) in [7, 11) is 3.32. The van der Waals surface area contributed by atoms with Crippen LogP contribution >= 0.6 is 0 Å². The van der Waals surface area contributed by atoms with Crippen LogP contribution in [0.4, 0.5) is 0 Å². The lowest BCUT2D eigenvalue weighted by Crippen LogP contribution is -2.01. The fraction of sp³-hybridized carbons (Fsp3) is 0.714. The van der Waals surface area contributed by atoms with Crippen molar-refractivity contribution in [1.29, 1.82) is 0 Å². The molecule has 1 atom stereocenters. The third-order valence-electron chi connectivity index (χ3n) is 1.15. The molecule has 0 aromatic carbocycles. The molecule has 0 N–H and O–H groups in total. The van der Waals surface area contributed by atoms with E-state index in [0.717, 1.165) is 19.3 Å². The Bertz CT molecular complexity index is 43.7. The molecule has 0 aliphatic carbocycles. The molecule has 0 aromatic heterocycles. The Morgan fingerprint density at radius 2 is 2.25 bits per heavy atom. The summed E-state index contributed by atoms with van der Waals surface area (Å²) in [5.41, 5.74) is 0. The largest absolute Gasteiger partial charge is 0.376 e. The minimum absolute atomic E-state index is 0.303. The van der Waals surface area contributed by atoms with Gasteiger partial charge in [0.2, 0.25) is 0 Å². The summed E-state index contributed by atoms with van der Waals surface area (Å²) in [6.45, 7) is 5.73. The Morgan fingerprint density at radius 1 is 1.62 bits per heavy atom. The van der Waals surface area contributed by atoms with Crippen LogP contribution in [0.1, 0.15) is 26.2 Å². The second-order valence-electron chi connectivity index (χ2n) is 1.97. The highest BCUT2D eigenvalue weighted by Crippen LogP contribution is 2.01. The molecular weight excluding hydrogens is 100 g/mol. The molecular formula is C7H14O. The van der Waals surface area contributed by atoms with Crippen molar-refractivity contribution in [3.05, 3.63) is 14.0 Å². The lowest BCUT2D eigenvalue weighted by Gasteiger charge is -2.05. The second-order valence-corrected chi connectivity index (χ2v) is 1.97.